The van der Waals surface area contributed by atoms with E-state index in [-0.39, 0.29) is 28.7 Å². The molecule has 0 aliphatic heterocycles. The van der Waals surface area contributed by atoms with Crippen molar-refractivity contribution >= 4 is 11.6 Å². The number of nitrogens with zero attached hydrogens (tertiary/aromatic N) is 3. The minimum atomic E-state index is -0.295. The number of nitrogens with two attached hydrogens (primary N) is 1. The van der Waals surface area contributed by atoms with E-state index in [1.54, 1.807) is 6.92 Å². The average molecular weight is 423 g/mol. The first kappa shape index (κ1) is 22.5. The van der Waals surface area contributed by atoms with Crippen molar-refractivity contribution in [3.8, 4) is 11.9 Å². The normalized spacial score (nSPS) is 18.2. The average Bonchev–Trinajstić information content (AvgIpc) is 2.79. The second-order valence-corrected chi connectivity index (χ2v) is 7.87. The molecule has 3 rings (SSSR count). The van der Waals surface area contributed by atoms with Crippen LogP contribution in [0.1, 0.15) is 54.4 Å². The Hall–Kier alpha value is -3.18. The van der Waals surface area contributed by atoms with Gasteiger partial charge in [-0.3, -0.25) is 9.78 Å². The van der Waals surface area contributed by atoms with Crippen LogP contribution in [0.4, 0.5) is 5.69 Å². The van der Waals surface area contributed by atoms with E-state index >= 15 is 0 Å². The van der Waals surface area contributed by atoms with Gasteiger partial charge in [0.05, 0.1) is 18.0 Å². The number of aromatic nitrogens is 2. The topological polar surface area (TPSA) is 126 Å². The molecule has 31 heavy (non-hydrogen) atoms. The maximum atomic E-state index is 12.6. The first-order chi connectivity index (χ1) is 15.1. The minimum Gasteiger partial charge on any atom is -0.477 e. The summed E-state index contributed by atoms with van der Waals surface area (Å²) >= 11 is 0. The molecule has 1 saturated carbocycles. The Bertz CT molecular complexity index is 904. The van der Waals surface area contributed by atoms with Crippen LogP contribution < -0.4 is 21.1 Å². The Morgan fingerprint density at radius 3 is 2.65 bits per heavy atom. The van der Waals surface area contributed by atoms with Gasteiger partial charge in [-0.05, 0) is 69.2 Å². The van der Waals surface area contributed by atoms with Crippen LogP contribution in [0, 0.1) is 23.2 Å². The number of anilines is 1. The van der Waals surface area contributed by atoms with Gasteiger partial charge in [-0.1, -0.05) is 6.07 Å². The summed E-state index contributed by atoms with van der Waals surface area (Å²) in [4.78, 5) is 21.1. The third-order valence-electron chi connectivity index (χ3n) is 5.63. The van der Waals surface area contributed by atoms with E-state index < -0.39 is 0 Å². The largest absolute Gasteiger partial charge is 0.477 e. The molecule has 0 bridgehead atoms. The van der Waals surface area contributed by atoms with Crippen molar-refractivity contribution in [2.24, 2.45) is 11.8 Å². The van der Waals surface area contributed by atoms with Gasteiger partial charge in [0, 0.05) is 19.3 Å². The molecular weight excluding hydrogens is 392 g/mol. The van der Waals surface area contributed by atoms with Gasteiger partial charge >= 0.3 is 0 Å². The maximum Gasteiger partial charge on any atom is 0.270 e. The fourth-order valence-electron chi connectivity index (χ4n) is 3.88. The van der Waals surface area contributed by atoms with E-state index in [1.165, 1.54) is 6.07 Å². The number of rotatable bonds is 9. The van der Waals surface area contributed by atoms with Crippen molar-refractivity contribution in [3.05, 3.63) is 47.4 Å². The molecule has 1 amide bonds. The van der Waals surface area contributed by atoms with Crippen LogP contribution in [-0.2, 0) is 6.54 Å². The highest BCUT2D eigenvalue weighted by Crippen LogP contribution is 2.28. The first-order valence-corrected chi connectivity index (χ1v) is 10.8. The number of nitrogens with one attached hydrogen (secondary N) is 2. The number of hydrogen-bond acceptors (Lipinski definition) is 7. The minimum absolute atomic E-state index is 0.105. The van der Waals surface area contributed by atoms with Gasteiger partial charge in [0.1, 0.15) is 17.3 Å². The number of pyridine rings is 2. The van der Waals surface area contributed by atoms with Crippen LogP contribution in [0.3, 0.4) is 0 Å². The summed E-state index contributed by atoms with van der Waals surface area (Å²) in [6.45, 7) is 4.52. The SMILES string of the molecule is CCOc1nc(C(=O)NCC2CCC(CNCc3ccccn3)CC2)cc(N)c1C#N. The number of amides is 1. The van der Waals surface area contributed by atoms with Crippen LogP contribution in [0.5, 0.6) is 5.88 Å². The lowest BCUT2D eigenvalue weighted by Gasteiger charge is -2.28. The summed E-state index contributed by atoms with van der Waals surface area (Å²) in [7, 11) is 0. The van der Waals surface area contributed by atoms with E-state index in [1.807, 2.05) is 30.5 Å². The van der Waals surface area contributed by atoms with Gasteiger partial charge in [0.2, 0.25) is 5.88 Å². The van der Waals surface area contributed by atoms with E-state index in [0.29, 0.717) is 25.0 Å². The number of ether oxygens (including phenoxy) is 1. The van der Waals surface area contributed by atoms with Crippen molar-refractivity contribution in [2.75, 3.05) is 25.4 Å². The summed E-state index contributed by atoms with van der Waals surface area (Å²) in [6, 6.07) is 9.36. The summed E-state index contributed by atoms with van der Waals surface area (Å²) in [5.74, 6) is 0.924. The Morgan fingerprint density at radius 1 is 1.26 bits per heavy atom. The Balaban J connectivity index is 1.42. The molecule has 8 heteroatoms. The van der Waals surface area contributed by atoms with Crippen molar-refractivity contribution in [1.82, 2.24) is 20.6 Å². The van der Waals surface area contributed by atoms with Crippen molar-refractivity contribution in [1.29, 1.82) is 5.26 Å². The molecule has 0 unspecified atom stereocenters. The Morgan fingerprint density at radius 2 is 2.00 bits per heavy atom. The molecule has 0 radical (unpaired) electrons. The Labute approximate surface area is 183 Å². The number of nitriles is 1. The zero-order chi connectivity index (χ0) is 22.1. The molecule has 1 aliphatic carbocycles. The van der Waals surface area contributed by atoms with Gasteiger partial charge in [0.15, 0.2) is 0 Å². The van der Waals surface area contributed by atoms with Crippen LogP contribution in [0.15, 0.2) is 30.5 Å². The fraction of sp³-hybridized carbons (Fsp3) is 0.478. The number of hydrogen-bond donors (Lipinski definition) is 3. The second-order valence-electron chi connectivity index (χ2n) is 7.87. The number of carbonyl (C=O) groups is 1. The predicted octanol–water partition coefficient (Wildman–Crippen LogP) is 2.66. The standard InChI is InChI=1S/C23H30N6O2/c1-2-31-23-19(12-24)20(25)11-21(29-23)22(30)28-14-17-8-6-16(7-9-17)13-26-15-18-5-3-4-10-27-18/h3-5,10-11,16-17,26H,2,6-9,13-15H2,1H3,(H2,25,29)(H,28,30). The third kappa shape index (κ3) is 6.40. The third-order valence-corrected chi connectivity index (χ3v) is 5.63. The molecule has 0 aromatic carbocycles. The first-order valence-electron chi connectivity index (χ1n) is 10.8. The van der Waals surface area contributed by atoms with Crippen molar-refractivity contribution in [3.63, 3.8) is 0 Å². The summed E-state index contributed by atoms with van der Waals surface area (Å²) in [5, 5.41) is 15.7. The van der Waals surface area contributed by atoms with E-state index in [2.05, 4.69) is 20.6 Å². The van der Waals surface area contributed by atoms with Gasteiger partial charge in [-0.15, -0.1) is 0 Å². The summed E-state index contributed by atoms with van der Waals surface area (Å²) < 4.78 is 5.36. The van der Waals surface area contributed by atoms with Crippen LogP contribution in [0.2, 0.25) is 0 Å². The number of carbonyl (C=O) groups excluding carboxylic acids is 1. The molecule has 2 aromatic heterocycles. The lowest BCUT2D eigenvalue weighted by atomic mass is 9.82. The van der Waals surface area contributed by atoms with E-state index in [9.17, 15) is 10.1 Å². The molecular formula is C23H30N6O2. The molecule has 1 aliphatic rings. The molecule has 4 N–H and O–H groups in total. The van der Waals surface area contributed by atoms with Gasteiger partial charge in [-0.25, -0.2) is 4.98 Å². The second kappa shape index (κ2) is 11.3. The van der Waals surface area contributed by atoms with Gasteiger partial charge in [0.25, 0.3) is 5.91 Å². The van der Waals surface area contributed by atoms with Crippen molar-refractivity contribution in [2.45, 2.75) is 39.2 Å². The molecule has 0 spiro atoms. The zero-order valence-electron chi connectivity index (χ0n) is 17.9. The smallest absolute Gasteiger partial charge is 0.270 e. The van der Waals surface area contributed by atoms with E-state index in [0.717, 1.165) is 44.5 Å². The van der Waals surface area contributed by atoms with Gasteiger partial charge in [-0.2, -0.15) is 5.26 Å². The lowest BCUT2D eigenvalue weighted by molar-refractivity contribution is 0.0935. The van der Waals surface area contributed by atoms with Gasteiger partial charge < -0.3 is 21.1 Å². The molecule has 2 aromatic rings. The Kier molecular flexibility index (Phi) is 8.19. The quantitative estimate of drug-likeness (QED) is 0.567. The highest BCUT2D eigenvalue weighted by molar-refractivity contribution is 5.93. The van der Waals surface area contributed by atoms with E-state index in [4.69, 9.17) is 10.5 Å². The maximum absolute atomic E-state index is 12.6. The highest BCUT2D eigenvalue weighted by Gasteiger charge is 2.22. The molecule has 164 valence electrons. The van der Waals surface area contributed by atoms with Crippen LogP contribution in [-0.4, -0.2) is 35.6 Å². The molecule has 1 fully saturated rings. The van der Waals surface area contributed by atoms with Crippen molar-refractivity contribution < 1.29 is 9.53 Å². The lowest BCUT2D eigenvalue weighted by Crippen LogP contribution is -2.33. The molecule has 2 heterocycles. The number of nitrogen functional groups attached to an aromatic ring is 1. The summed E-state index contributed by atoms with van der Waals surface area (Å²) in [6.07, 6.45) is 6.28. The summed E-state index contributed by atoms with van der Waals surface area (Å²) in [5.41, 5.74) is 7.49. The fourth-order valence-corrected chi connectivity index (χ4v) is 3.88. The predicted molar refractivity (Wildman–Crippen MR) is 118 cm³/mol. The monoisotopic (exact) mass is 422 g/mol. The molecule has 0 atom stereocenters. The highest BCUT2D eigenvalue weighted by atomic mass is 16.5. The molecule has 0 saturated heterocycles. The van der Waals surface area contributed by atoms with Crippen LogP contribution in [0.25, 0.3) is 0 Å². The van der Waals surface area contributed by atoms with Crippen LogP contribution >= 0.6 is 0 Å². The zero-order valence-corrected chi connectivity index (χ0v) is 17.9. The molecule has 8 nitrogen and oxygen atoms in total.